The molecule has 0 radical (unpaired) electrons. The lowest BCUT2D eigenvalue weighted by Gasteiger charge is -2.21. The molecule has 0 aromatic rings. The lowest BCUT2D eigenvalue weighted by atomic mass is 10.1. The molecule has 0 saturated carbocycles. The van der Waals surface area contributed by atoms with Crippen molar-refractivity contribution < 1.29 is 9.53 Å². The van der Waals surface area contributed by atoms with Gasteiger partial charge >= 0.3 is 5.97 Å². The first-order valence-corrected chi connectivity index (χ1v) is 4.39. The van der Waals surface area contributed by atoms with E-state index in [4.69, 9.17) is 4.74 Å². The Morgan fingerprint density at radius 3 is 3.23 bits per heavy atom. The molecule has 72 valence electrons. The number of hydrogen-bond donors (Lipinski definition) is 0. The van der Waals surface area contributed by atoms with Gasteiger partial charge in [0.25, 0.3) is 0 Å². The first-order chi connectivity index (χ1) is 6.24. The van der Waals surface area contributed by atoms with Gasteiger partial charge in [-0.1, -0.05) is 18.7 Å². The molecule has 0 saturated heterocycles. The number of esters is 1. The molecule has 13 heavy (non-hydrogen) atoms. The van der Waals surface area contributed by atoms with Crippen molar-refractivity contribution in [1.29, 1.82) is 0 Å². The van der Waals surface area contributed by atoms with Crippen molar-refractivity contribution in [1.82, 2.24) is 4.90 Å². The highest BCUT2D eigenvalue weighted by molar-refractivity contribution is 5.89. The van der Waals surface area contributed by atoms with Gasteiger partial charge in [0.05, 0.1) is 0 Å². The van der Waals surface area contributed by atoms with Crippen molar-refractivity contribution >= 4 is 5.97 Å². The predicted molar refractivity (Wildman–Crippen MR) is 51.4 cm³/mol. The number of hydrogen-bond acceptors (Lipinski definition) is 3. The molecule has 0 bridgehead atoms. The fourth-order valence-corrected chi connectivity index (χ4v) is 1.27. The summed E-state index contributed by atoms with van der Waals surface area (Å²) in [4.78, 5) is 13.4. The van der Waals surface area contributed by atoms with E-state index in [9.17, 15) is 4.79 Å². The molecular formula is C10H15NO2. The Bertz CT molecular complexity index is 233. The third-order valence-electron chi connectivity index (χ3n) is 1.94. The van der Waals surface area contributed by atoms with E-state index >= 15 is 0 Å². The van der Waals surface area contributed by atoms with Gasteiger partial charge in [0.2, 0.25) is 0 Å². The lowest BCUT2D eigenvalue weighted by molar-refractivity contribution is -0.138. The summed E-state index contributed by atoms with van der Waals surface area (Å²) in [7, 11) is 1.99. The fourth-order valence-electron chi connectivity index (χ4n) is 1.27. The van der Waals surface area contributed by atoms with E-state index in [1.54, 1.807) is 6.08 Å². The van der Waals surface area contributed by atoms with Crippen molar-refractivity contribution in [2.45, 2.75) is 6.42 Å². The zero-order chi connectivity index (χ0) is 9.68. The maximum atomic E-state index is 11.3. The van der Waals surface area contributed by atoms with Crippen LogP contribution in [0.5, 0.6) is 0 Å². The van der Waals surface area contributed by atoms with E-state index < -0.39 is 0 Å². The first kappa shape index (κ1) is 9.99. The molecule has 1 heterocycles. The van der Waals surface area contributed by atoms with E-state index in [0.29, 0.717) is 13.2 Å². The Kier molecular flexibility index (Phi) is 3.71. The third kappa shape index (κ3) is 3.03. The molecule has 0 aromatic carbocycles. The number of nitrogens with zero attached hydrogens (tertiary/aromatic N) is 1. The molecule has 0 fully saturated rings. The molecule has 0 aromatic heterocycles. The van der Waals surface area contributed by atoms with Crippen LogP contribution < -0.4 is 0 Å². The summed E-state index contributed by atoms with van der Waals surface area (Å²) in [5.74, 6) is -0.216. The second kappa shape index (κ2) is 4.82. The molecule has 0 N–H and O–H groups in total. The monoisotopic (exact) mass is 181 g/mol. The topological polar surface area (TPSA) is 29.5 Å². The zero-order valence-corrected chi connectivity index (χ0v) is 7.95. The molecule has 3 nitrogen and oxygen atoms in total. The molecule has 0 unspecified atom stereocenters. The lowest BCUT2D eigenvalue weighted by Crippen LogP contribution is -2.29. The van der Waals surface area contributed by atoms with Gasteiger partial charge in [-0.15, -0.1) is 0 Å². The molecule has 1 aliphatic heterocycles. The Morgan fingerprint density at radius 1 is 1.85 bits per heavy atom. The van der Waals surface area contributed by atoms with Gasteiger partial charge in [-0.2, -0.15) is 0 Å². The van der Waals surface area contributed by atoms with Gasteiger partial charge < -0.3 is 9.64 Å². The molecule has 0 aliphatic carbocycles. The van der Waals surface area contributed by atoms with Gasteiger partial charge in [-0.25, -0.2) is 4.79 Å². The number of carbonyl (C=O) groups is 1. The van der Waals surface area contributed by atoms with Gasteiger partial charge in [0, 0.05) is 18.7 Å². The molecular weight excluding hydrogens is 166 g/mol. The summed E-state index contributed by atoms with van der Waals surface area (Å²) in [5, 5.41) is 0. The summed E-state index contributed by atoms with van der Waals surface area (Å²) >= 11 is 0. The van der Waals surface area contributed by atoms with Crippen LogP contribution in [0.2, 0.25) is 0 Å². The van der Waals surface area contributed by atoms with Crippen LogP contribution in [-0.4, -0.2) is 37.6 Å². The normalized spacial score (nSPS) is 17.8. The summed E-state index contributed by atoms with van der Waals surface area (Å²) in [5.41, 5.74) is 0.760. The summed E-state index contributed by atoms with van der Waals surface area (Å²) in [6, 6.07) is 0. The van der Waals surface area contributed by atoms with Gasteiger partial charge in [0.1, 0.15) is 6.61 Å². The molecule has 1 rings (SSSR count). The minimum atomic E-state index is -0.216. The van der Waals surface area contributed by atoms with Crippen molar-refractivity contribution in [2.24, 2.45) is 0 Å². The second-order valence-electron chi connectivity index (χ2n) is 3.14. The van der Waals surface area contributed by atoms with E-state index in [-0.39, 0.29) is 5.97 Å². The molecule has 0 amide bonds. The van der Waals surface area contributed by atoms with Gasteiger partial charge in [-0.05, 0) is 13.5 Å². The van der Waals surface area contributed by atoms with Crippen LogP contribution >= 0.6 is 0 Å². The van der Waals surface area contributed by atoms with Crippen LogP contribution in [0.25, 0.3) is 0 Å². The molecule has 1 aliphatic rings. The van der Waals surface area contributed by atoms with Crippen LogP contribution in [0.3, 0.4) is 0 Å². The highest BCUT2D eigenvalue weighted by Crippen LogP contribution is 2.08. The van der Waals surface area contributed by atoms with Crippen molar-refractivity contribution in [2.75, 3.05) is 26.7 Å². The van der Waals surface area contributed by atoms with Crippen LogP contribution in [0, 0.1) is 0 Å². The average molecular weight is 181 g/mol. The van der Waals surface area contributed by atoms with E-state index in [1.807, 2.05) is 13.1 Å². The Morgan fingerprint density at radius 2 is 2.62 bits per heavy atom. The Hall–Kier alpha value is -1.09. The van der Waals surface area contributed by atoms with Crippen LogP contribution in [-0.2, 0) is 9.53 Å². The number of ether oxygens (including phenoxy) is 1. The zero-order valence-electron chi connectivity index (χ0n) is 7.95. The predicted octanol–water partition coefficient (Wildman–Crippen LogP) is 0.977. The minimum absolute atomic E-state index is 0.216. The summed E-state index contributed by atoms with van der Waals surface area (Å²) in [6.07, 6.45) is 4.45. The SMILES string of the molecule is C=CCOC(=O)C1=CCCN(C)C1. The Labute approximate surface area is 78.7 Å². The van der Waals surface area contributed by atoms with E-state index in [2.05, 4.69) is 11.5 Å². The van der Waals surface area contributed by atoms with Gasteiger partial charge in [-0.3, -0.25) is 0 Å². The minimum Gasteiger partial charge on any atom is -0.458 e. The molecule has 3 heteroatoms. The average Bonchev–Trinajstić information content (AvgIpc) is 2.14. The summed E-state index contributed by atoms with van der Waals surface area (Å²) < 4.78 is 4.93. The van der Waals surface area contributed by atoms with Crippen LogP contribution in [0.4, 0.5) is 0 Å². The third-order valence-corrected chi connectivity index (χ3v) is 1.94. The standard InChI is InChI=1S/C10H15NO2/c1-3-7-13-10(12)9-5-4-6-11(2)8-9/h3,5H,1,4,6-8H2,2H3. The Balaban J connectivity index is 2.46. The van der Waals surface area contributed by atoms with E-state index in [1.165, 1.54) is 0 Å². The first-order valence-electron chi connectivity index (χ1n) is 4.39. The van der Waals surface area contributed by atoms with E-state index in [0.717, 1.165) is 18.5 Å². The maximum absolute atomic E-state index is 11.3. The highest BCUT2D eigenvalue weighted by atomic mass is 16.5. The number of carbonyl (C=O) groups excluding carboxylic acids is 1. The molecule has 0 atom stereocenters. The van der Waals surface area contributed by atoms with Crippen LogP contribution in [0.15, 0.2) is 24.3 Å². The maximum Gasteiger partial charge on any atom is 0.335 e. The smallest absolute Gasteiger partial charge is 0.335 e. The van der Waals surface area contributed by atoms with Crippen molar-refractivity contribution in [3.8, 4) is 0 Å². The quantitative estimate of drug-likeness (QED) is 0.480. The number of rotatable bonds is 3. The van der Waals surface area contributed by atoms with Crippen molar-refractivity contribution in [3.05, 3.63) is 24.3 Å². The molecule has 0 spiro atoms. The van der Waals surface area contributed by atoms with Crippen molar-refractivity contribution in [3.63, 3.8) is 0 Å². The number of likely N-dealkylation sites (N-methyl/N-ethyl adjacent to an activating group) is 1. The summed E-state index contributed by atoms with van der Waals surface area (Å²) in [6.45, 7) is 5.48. The largest absolute Gasteiger partial charge is 0.458 e. The highest BCUT2D eigenvalue weighted by Gasteiger charge is 2.15. The fraction of sp³-hybridized carbons (Fsp3) is 0.500. The van der Waals surface area contributed by atoms with Crippen LogP contribution in [0.1, 0.15) is 6.42 Å². The van der Waals surface area contributed by atoms with Gasteiger partial charge in [0.15, 0.2) is 0 Å². The second-order valence-corrected chi connectivity index (χ2v) is 3.14.